The molecule has 0 saturated carbocycles. The summed E-state index contributed by atoms with van der Waals surface area (Å²) in [7, 11) is 0. The topological polar surface area (TPSA) is 91.4 Å². The van der Waals surface area contributed by atoms with E-state index in [-0.39, 0.29) is 30.3 Å². The lowest BCUT2D eigenvalue weighted by atomic mass is 10.1. The first kappa shape index (κ1) is 26.6. The molecule has 0 aliphatic carbocycles. The molecule has 0 atom stereocenters. The van der Waals surface area contributed by atoms with E-state index >= 15 is 0 Å². The predicted octanol–water partition coefficient (Wildman–Crippen LogP) is 6.08. The lowest BCUT2D eigenvalue weighted by Crippen LogP contribution is -2.26. The van der Waals surface area contributed by atoms with Gasteiger partial charge in [0.25, 0.3) is 11.8 Å². The quantitative estimate of drug-likeness (QED) is 0.208. The fourth-order valence-corrected chi connectivity index (χ4v) is 3.97. The van der Waals surface area contributed by atoms with Gasteiger partial charge in [0.15, 0.2) is 0 Å². The van der Waals surface area contributed by atoms with Gasteiger partial charge in [-0.2, -0.15) is 4.98 Å². The molecule has 0 saturated heterocycles. The Morgan fingerprint density at radius 1 is 1.22 bits per heavy atom. The summed E-state index contributed by atoms with van der Waals surface area (Å²) < 4.78 is 32.8. The van der Waals surface area contributed by atoms with Crippen LogP contribution in [0.1, 0.15) is 46.6 Å². The third-order valence-electron chi connectivity index (χ3n) is 5.25. The van der Waals surface area contributed by atoms with E-state index in [9.17, 15) is 9.18 Å². The number of nitrogens with zero attached hydrogens (tertiary/aromatic N) is 3. The fraction of sp³-hybridized carbons (Fsp3) is 0.370. The van der Waals surface area contributed by atoms with Crippen molar-refractivity contribution >= 4 is 28.5 Å². The number of halogens is 2. The molecule has 4 aromatic rings. The number of aromatic nitrogens is 3. The summed E-state index contributed by atoms with van der Waals surface area (Å²) in [5.74, 6) is 0.343. The van der Waals surface area contributed by atoms with Gasteiger partial charge in [0.1, 0.15) is 17.2 Å². The minimum absolute atomic E-state index is 0.0104. The maximum absolute atomic E-state index is 14.8. The molecule has 0 spiro atoms. The van der Waals surface area contributed by atoms with Crippen molar-refractivity contribution in [2.24, 2.45) is 0 Å². The van der Waals surface area contributed by atoms with Crippen LogP contribution in [0.4, 0.5) is 4.39 Å². The molecule has 0 unspecified atom stereocenters. The number of hydrogen-bond donors (Lipinski definition) is 1. The van der Waals surface area contributed by atoms with Gasteiger partial charge in [-0.25, -0.2) is 4.39 Å². The minimum atomic E-state index is -0.508. The van der Waals surface area contributed by atoms with Gasteiger partial charge in [-0.05, 0) is 75.7 Å². The van der Waals surface area contributed by atoms with Crippen LogP contribution in [0.5, 0.6) is 5.75 Å². The van der Waals surface area contributed by atoms with Gasteiger partial charge in [-0.3, -0.25) is 9.36 Å². The number of hydrogen-bond acceptors (Lipinski definition) is 7. The normalized spacial score (nSPS) is 11.9. The lowest BCUT2D eigenvalue weighted by molar-refractivity contribution is -0.154. The number of carbonyl (C=O) groups excluding carboxylic acids is 1. The highest BCUT2D eigenvalue weighted by Gasteiger charge is 2.18. The molecule has 0 amide bonds. The van der Waals surface area contributed by atoms with E-state index in [4.69, 9.17) is 25.6 Å². The Hall–Kier alpha value is -3.43. The third-order valence-corrected chi connectivity index (χ3v) is 5.54. The lowest BCUT2D eigenvalue weighted by Gasteiger charge is -2.19. The van der Waals surface area contributed by atoms with Crippen molar-refractivity contribution in [3.63, 3.8) is 0 Å². The van der Waals surface area contributed by atoms with Gasteiger partial charge >= 0.3 is 5.97 Å². The second kappa shape index (κ2) is 10.9. The molecule has 10 heteroatoms. The first-order valence-corrected chi connectivity index (χ1v) is 12.4. The molecule has 1 N–H and O–H groups in total. The van der Waals surface area contributed by atoms with Gasteiger partial charge in [-0.15, -0.1) is 0 Å². The highest BCUT2D eigenvalue weighted by Crippen LogP contribution is 2.31. The van der Waals surface area contributed by atoms with Crippen molar-refractivity contribution < 1.29 is 23.2 Å². The van der Waals surface area contributed by atoms with E-state index in [1.165, 1.54) is 10.8 Å². The number of esters is 1. The zero-order valence-corrected chi connectivity index (χ0v) is 22.2. The number of rotatable bonds is 9. The molecular formula is C27H30ClFN4O4. The Morgan fingerprint density at radius 2 is 2.00 bits per heavy atom. The van der Waals surface area contributed by atoms with E-state index in [0.717, 1.165) is 5.56 Å². The van der Waals surface area contributed by atoms with Crippen molar-refractivity contribution in [2.75, 3.05) is 6.54 Å². The van der Waals surface area contributed by atoms with E-state index in [0.29, 0.717) is 40.3 Å². The predicted molar refractivity (Wildman–Crippen MR) is 139 cm³/mol. The zero-order chi connectivity index (χ0) is 26.7. The molecule has 0 aliphatic rings. The second-order valence-corrected chi connectivity index (χ2v) is 10.3. The van der Waals surface area contributed by atoms with E-state index in [2.05, 4.69) is 15.5 Å². The standard InChI is InChI=1S/C27H30ClFN4O4/c1-16(2)35-23-9-7-18(13-20(23)28)25-31-26(32-37-25)33-15-21(29)19-12-17(6-8-22(19)33)14-30-11-10-24(34)36-27(3,4)5/h6-9,12-13,15-16,30H,10-11,14H2,1-5H3. The monoisotopic (exact) mass is 528 g/mol. The van der Waals surface area contributed by atoms with Crippen molar-refractivity contribution in [2.45, 2.75) is 59.3 Å². The Labute approximate surface area is 219 Å². The Kier molecular flexibility index (Phi) is 7.85. The molecule has 0 aliphatic heterocycles. The summed E-state index contributed by atoms with van der Waals surface area (Å²) in [6.45, 7) is 10.3. The summed E-state index contributed by atoms with van der Waals surface area (Å²) >= 11 is 6.33. The fourth-order valence-electron chi connectivity index (χ4n) is 3.74. The van der Waals surface area contributed by atoms with E-state index < -0.39 is 11.4 Å². The molecule has 2 heterocycles. The average molecular weight is 529 g/mol. The minimum Gasteiger partial charge on any atom is -0.489 e. The molecule has 2 aromatic carbocycles. The highest BCUT2D eigenvalue weighted by atomic mass is 35.5. The molecule has 0 bridgehead atoms. The Morgan fingerprint density at radius 3 is 2.70 bits per heavy atom. The van der Waals surface area contributed by atoms with Crippen molar-refractivity contribution in [1.29, 1.82) is 0 Å². The largest absolute Gasteiger partial charge is 0.489 e. The Balaban J connectivity index is 1.46. The average Bonchev–Trinajstić information content (AvgIpc) is 3.42. The second-order valence-electron chi connectivity index (χ2n) is 9.92. The van der Waals surface area contributed by atoms with E-state index in [1.54, 1.807) is 30.3 Å². The molecule has 37 heavy (non-hydrogen) atoms. The molecule has 2 aromatic heterocycles. The van der Waals surface area contributed by atoms with Crippen LogP contribution < -0.4 is 10.1 Å². The van der Waals surface area contributed by atoms with Crippen LogP contribution in [0.3, 0.4) is 0 Å². The maximum atomic E-state index is 14.8. The number of fused-ring (bicyclic) bond motifs is 1. The molecule has 4 rings (SSSR count). The molecule has 0 radical (unpaired) electrons. The van der Waals surface area contributed by atoms with Crippen LogP contribution in [-0.2, 0) is 16.1 Å². The first-order valence-electron chi connectivity index (χ1n) is 12.0. The van der Waals surface area contributed by atoms with Crippen LogP contribution in [0, 0.1) is 5.82 Å². The van der Waals surface area contributed by atoms with E-state index in [1.807, 2.05) is 40.7 Å². The van der Waals surface area contributed by atoms with Crippen LogP contribution in [-0.4, -0.2) is 38.9 Å². The van der Waals surface area contributed by atoms with Gasteiger partial charge in [0, 0.05) is 30.2 Å². The molecule has 8 nitrogen and oxygen atoms in total. The Bertz CT molecular complexity index is 1410. The van der Waals surface area contributed by atoms with Crippen LogP contribution in [0.15, 0.2) is 47.1 Å². The summed E-state index contributed by atoms with van der Waals surface area (Å²) in [4.78, 5) is 16.3. The van der Waals surface area contributed by atoms with Crippen LogP contribution in [0.25, 0.3) is 28.3 Å². The molecule has 0 fully saturated rings. The smallest absolute Gasteiger partial charge is 0.307 e. The summed E-state index contributed by atoms with van der Waals surface area (Å²) in [5, 5.41) is 8.08. The summed E-state index contributed by atoms with van der Waals surface area (Å²) in [5.41, 5.74) is 1.59. The SMILES string of the molecule is CC(C)Oc1ccc(-c2nc(-n3cc(F)c4cc(CNCCC(=O)OC(C)(C)C)ccc43)no2)cc1Cl. The molecular weight excluding hydrogens is 499 g/mol. The zero-order valence-electron chi connectivity index (χ0n) is 21.5. The maximum Gasteiger partial charge on any atom is 0.307 e. The van der Waals surface area contributed by atoms with Crippen molar-refractivity contribution in [1.82, 2.24) is 20.0 Å². The van der Waals surface area contributed by atoms with Gasteiger partial charge in [0.05, 0.1) is 23.1 Å². The summed E-state index contributed by atoms with van der Waals surface area (Å²) in [6, 6.07) is 10.6. The number of benzene rings is 2. The number of nitrogens with one attached hydrogen (secondary N) is 1. The van der Waals surface area contributed by atoms with Crippen molar-refractivity contribution in [3.8, 4) is 23.2 Å². The van der Waals surface area contributed by atoms with Gasteiger partial charge in [0.2, 0.25) is 0 Å². The molecule has 196 valence electrons. The van der Waals surface area contributed by atoms with Gasteiger partial charge in [-0.1, -0.05) is 17.7 Å². The first-order chi connectivity index (χ1) is 17.5. The van der Waals surface area contributed by atoms with Gasteiger partial charge < -0.3 is 19.3 Å². The number of ether oxygens (including phenoxy) is 2. The highest BCUT2D eigenvalue weighted by molar-refractivity contribution is 6.32. The van der Waals surface area contributed by atoms with Crippen LogP contribution >= 0.6 is 11.6 Å². The van der Waals surface area contributed by atoms with Crippen molar-refractivity contribution in [3.05, 3.63) is 59.0 Å². The number of carbonyl (C=O) groups is 1. The third kappa shape index (κ3) is 6.67. The van der Waals surface area contributed by atoms with Crippen LogP contribution in [0.2, 0.25) is 5.02 Å². The summed E-state index contributed by atoms with van der Waals surface area (Å²) in [6.07, 6.45) is 1.57.